The molecule has 1 aromatic heterocycles. The minimum Gasteiger partial charge on any atom is -0.493 e. The number of aromatic nitrogens is 2. The molecule has 1 heterocycles. The topological polar surface area (TPSA) is 146 Å². The zero-order valence-corrected chi connectivity index (χ0v) is 15.6. The van der Waals surface area contributed by atoms with Gasteiger partial charge in [-0.25, -0.2) is 4.79 Å². The number of nitrogens with one attached hydrogen (secondary N) is 1. The lowest BCUT2D eigenvalue weighted by Gasteiger charge is -2.12. The molecule has 3 aromatic rings. The summed E-state index contributed by atoms with van der Waals surface area (Å²) in [6.45, 7) is -0.279. The number of nitro groups is 1. The van der Waals surface area contributed by atoms with E-state index in [1.807, 2.05) is 0 Å². The Labute approximate surface area is 169 Å². The molecule has 11 nitrogen and oxygen atoms in total. The maximum Gasteiger partial charge on any atom is 0.338 e. The molecule has 0 aliphatic heterocycles. The zero-order valence-electron chi connectivity index (χ0n) is 15.6. The molecule has 0 fully saturated rings. The van der Waals surface area contributed by atoms with Crippen LogP contribution in [0.5, 0.6) is 17.2 Å². The number of amides is 1. The molecule has 0 radical (unpaired) electrons. The summed E-state index contributed by atoms with van der Waals surface area (Å²) in [6, 6.07) is 10.6. The number of nitro benzene ring substituents is 1. The summed E-state index contributed by atoms with van der Waals surface area (Å²) in [7, 11) is 1.46. The monoisotopic (exact) mass is 412 g/mol. The highest BCUT2D eigenvalue weighted by atomic mass is 16.6. The Kier molecular flexibility index (Phi) is 5.92. The highest BCUT2D eigenvalue weighted by Crippen LogP contribution is 2.34. The first-order chi connectivity index (χ1) is 14.4. The Morgan fingerprint density at radius 2 is 1.97 bits per heavy atom. The van der Waals surface area contributed by atoms with Gasteiger partial charge in [-0.1, -0.05) is 12.1 Å². The average molecular weight is 412 g/mol. The molecule has 0 spiro atoms. The smallest absolute Gasteiger partial charge is 0.338 e. The SMILES string of the molecule is COc1ccccc1Oc1cc(NC(=O)Cn2cc(C(=O)O)cn2)cc([N+](=O)[O-])c1. The second-order valence-electron chi connectivity index (χ2n) is 6.01. The van der Waals surface area contributed by atoms with Crippen LogP contribution in [0.4, 0.5) is 11.4 Å². The molecule has 0 saturated carbocycles. The highest BCUT2D eigenvalue weighted by Gasteiger charge is 2.15. The number of aromatic carboxylic acids is 1. The Bertz CT molecular complexity index is 1110. The van der Waals surface area contributed by atoms with Crippen LogP contribution < -0.4 is 14.8 Å². The fourth-order valence-electron chi connectivity index (χ4n) is 2.56. The van der Waals surface area contributed by atoms with Gasteiger partial charge in [-0.3, -0.25) is 19.6 Å². The number of rotatable bonds is 8. The van der Waals surface area contributed by atoms with Crippen molar-refractivity contribution in [3.05, 3.63) is 70.5 Å². The second-order valence-corrected chi connectivity index (χ2v) is 6.01. The van der Waals surface area contributed by atoms with Gasteiger partial charge in [0.05, 0.1) is 35.5 Å². The third-order valence-corrected chi connectivity index (χ3v) is 3.87. The number of carboxylic acid groups (broad SMARTS) is 1. The van der Waals surface area contributed by atoms with Crippen molar-refractivity contribution in [1.82, 2.24) is 9.78 Å². The van der Waals surface area contributed by atoms with Gasteiger partial charge in [0.25, 0.3) is 5.69 Å². The van der Waals surface area contributed by atoms with Crippen molar-refractivity contribution in [3.8, 4) is 17.2 Å². The molecule has 0 aliphatic carbocycles. The fourth-order valence-corrected chi connectivity index (χ4v) is 2.56. The Morgan fingerprint density at radius 1 is 1.23 bits per heavy atom. The Balaban J connectivity index is 1.80. The van der Waals surface area contributed by atoms with E-state index >= 15 is 0 Å². The van der Waals surface area contributed by atoms with E-state index < -0.39 is 16.8 Å². The first kappa shape index (κ1) is 20.3. The van der Waals surface area contributed by atoms with E-state index in [2.05, 4.69) is 10.4 Å². The molecule has 0 unspecified atom stereocenters. The van der Waals surface area contributed by atoms with Gasteiger partial charge in [0, 0.05) is 18.3 Å². The summed E-state index contributed by atoms with van der Waals surface area (Å²) in [5, 5.41) is 26.5. The average Bonchev–Trinajstić information content (AvgIpc) is 3.16. The first-order valence-corrected chi connectivity index (χ1v) is 8.51. The van der Waals surface area contributed by atoms with Crippen LogP contribution in [0.2, 0.25) is 0 Å². The molecule has 11 heteroatoms. The van der Waals surface area contributed by atoms with Crippen LogP contribution in [-0.2, 0) is 11.3 Å². The van der Waals surface area contributed by atoms with Crippen molar-refractivity contribution in [3.63, 3.8) is 0 Å². The number of carbonyl (C=O) groups is 2. The number of hydrogen-bond donors (Lipinski definition) is 2. The Morgan fingerprint density at radius 3 is 2.60 bits per heavy atom. The van der Waals surface area contributed by atoms with Crippen molar-refractivity contribution in [2.75, 3.05) is 12.4 Å². The van der Waals surface area contributed by atoms with Crippen LogP contribution in [0.3, 0.4) is 0 Å². The number of hydrogen-bond acceptors (Lipinski definition) is 7. The van der Waals surface area contributed by atoms with Crippen molar-refractivity contribution in [2.24, 2.45) is 0 Å². The third kappa shape index (κ3) is 4.90. The van der Waals surface area contributed by atoms with Gasteiger partial charge in [0.15, 0.2) is 11.5 Å². The lowest BCUT2D eigenvalue weighted by molar-refractivity contribution is -0.384. The van der Waals surface area contributed by atoms with E-state index in [4.69, 9.17) is 14.6 Å². The number of benzene rings is 2. The van der Waals surface area contributed by atoms with Crippen LogP contribution in [0.25, 0.3) is 0 Å². The normalized spacial score (nSPS) is 10.3. The van der Waals surface area contributed by atoms with E-state index in [1.165, 1.54) is 31.5 Å². The van der Waals surface area contributed by atoms with Gasteiger partial charge in [-0.2, -0.15) is 5.10 Å². The quantitative estimate of drug-likeness (QED) is 0.424. The van der Waals surface area contributed by atoms with E-state index in [-0.39, 0.29) is 29.2 Å². The van der Waals surface area contributed by atoms with Gasteiger partial charge in [0.2, 0.25) is 5.91 Å². The van der Waals surface area contributed by atoms with Gasteiger partial charge in [-0.15, -0.1) is 0 Å². The van der Waals surface area contributed by atoms with Gasteiger partial charge in [0.1, 0.15) is 12.3 Å². The lowest BCUT2D eigenvalue weighted by atomic mass is 10.2. The summed E-state index contributed by atoms with van der Waals surface area (Å²) in [6.07, 6.45) is 2.31. The minimum atomic E-state index is -1.17. The van der Waals surface area contributed by atoms with Gasteiger partial charge in [-0.05, 0) is 12.1 Å². The zero-order chi connectivity index (χ0) is 21.7. The molecule has 1 amide bonds. The standard InChI is InChI=1S/C19H16N4O7/c1-29-16-4-2-3-5-17(16)30-15-7-13(6-14(8-15)23(27)28)21-18(24)11-22-10-12(9-20-22)19(25)26/h2-10H,11H2,1H3,(H,21,24)(H,25,26). The summed E-state index contributed by atoms with van der Waals surface area (Å²) >= 11 is 0. The largest absolute Gasteiger partial charge is 0.493 e. The maximum absolute atomic E-state index is 12.3. The number of methoxy groups -OCH3 is 1. The predicted octanol–water partition coefficient (Wildman–Crippen LogP) is 2.93. The summed E-state index contributed by atoms with van der Waals surface area (Å²) < 4.78 is 12.0. The predicted molar refractivity (Wildman–Crippen MR) is 104 cm³/mol. The molecule has 3 rings (SSSR count). The molecular formula is C19H16N4O7. The maximum atomic E-state index is 12.3. The molecule has 154 valence electrons. The third-order valence-electron chi connectivity index (χ3n) is 3.87. The number of para-hydroxylation sites is 2. The van der Waals surface area contributed by atoms with Gasteiger partial charge >= 0.3 is 5.97 Å². The molecule has 30 heavy (non-hydrogen) atoms. The highest BCUT2D eigenvalue weighted by molar-refractivity contribution is 5.91. The van der Waals surface area contributed by atoms with Crippen molar-refractivity contribution >= 4 is 23.3 Å². The van der Waals surface area contributed by atoms with Crippen molar-refractivity contribution in [1.29, 1.82) is 0 Å². The number of anilines is 1. The van der Waals surface area contributed by atoms with Crippen LogP contribution >= 0.6 is 0 Å². The second kappa shape index (κ2) is 8.73. The van der Waals surface area contributed by atoms with E-state index in [0.717, 1.165) is 10.9 Å². The van der Waals surface area contributed by atoms with Crippen molar-refractivity contribution < 1.29 is 29.1 Å². The van der Waals surface area contributed by atoms with Crippen LogP contribution in [0.1, 0.15) is 10.4 Å². The fraction of sp³-hybridized carbons (Fsp3) is 0.105. The van der Waals surface area contributed by atoms with Crippen LogP contribution in [-0.4, -0.2) is 38.8 Å². The van der Waals surface area contributed by atoms with Crippen molar-refractivity contribution in [2.45, 2.75) is 6.54 Å². The molecule has 0 saturated heterocycles. The number of nitrogens with zero attached hydrogens (tertiary/aromatic N) is 3. The summed E-state index contributed by atoms with van der Waals surface area (Å²) in [4.78, 5) is 33.8. The number of non-ortho nitro benzene ring substituents is 1. The number of ether oxygens (including phenoxy) is 2. The molecule has 0 bridgehead atoms. The Hall–Kier alpha value is -4.41. The van der Waals surface area contributed by atoms with Gasteiger partial charge < -0.3 is 19.9 Å². The molecule has 2 N–H and O–H groups in total. The number of carbonyl (C=O) groups excluding carboxylic acids is 1. The van der Waals surface area contributed by atoms with Crippen LogP contribution in [0, 0.1) is 10.1 Å². The molecule has 0 aliphatic rings. The van der Waals surface area contributed by atoms with E-state index in [0.29, 0.717) is 11.5 Å². The van der Waals surface area contributed by atoms with Crippen LogP contribution in [0.15, 0.2) is 54.9 Å². The number of carboxylic acids is 1. The minimum absolute atomic E-state index is 0.0642. The van der Waals surface area contributed by atoms with E-state index in [1.54, 1.807) is 24.3 Å². The molecular weight excluding hydrogens is 396 g/mol. The summed E-state index contributed by atoms with van der Waals surface area (Å²) in [5.74, 6) is -0.827. The molecule has 0 atom stereocenters. The molecule has 2 aromatic carbocycles. The van der Waals surface area contributed by atoms with E-state index in [9.17, 15) is 19.7 Å². The lowest BCUT2D eigenvalue weighted by Crippen LogP contribution is -2.19. The summed E-state index contributed by atoms with van der Waals surface area (Å²) in [5.41, 5.74) is -0.222. The first-order valence-electron chi connectivity index (χ1n) is 8.51.